The third-order valence-electron chi connectivity index (χ3n) is 3.38. The van der Waals surface area contributed by atoms with Crippen molar-refractivity contribution >= 4 is 0 Å². The lowest BCUT2D eigenvalue weighted by molar-refractivity contribution is 0.505. The molecule has 0 aliphatic rings. The summed E-state index contributed by atoms with van der Waals surface area (Å²) in [5, 5.41) is 0. The molecule has 0 aliphatic carbocycles. The first-order valence-electron chi connectivity index (χ1n) is 6.76. The highest BCUT2D eigenvalue weighted by Crippen LogP contribution is 2.24. The molecule has 0 spiro atoms. The number of aromatic nitrogens is 3. The summed E-state index contributed by atoms with van der Waals surface area (Å²) in [4.78, 5) is 12.5. The normalized spacial score (nSPS) is 10.7. The highest BCUT2D eigenvalue weighted by atomic mass is 19.2. The number of pyridine rings is 1. The van der Waals surface area contributed by atoms with Gasteiger partial charge in [-0.25, -0.2) is 18.7 Å². The molecule has 110 valence electrons. The lowest BCUT2D eigenvalue weighted by atomic mass is 10.1. The van der Waals surface area contributed by atoms with E-state index in [1.165, 1.54) is 19.1 Å². The second-order valence-electron chi connectivity index (χ2n) is 5.07. The number of benzene rings is 1. The topological polar surface area (TPSA) is 38.7 Å². The largest absolute Gasteiger partial charge is 0.256 e. The lowest BCUT2D eigenvalue weighted by Crippen LogP contribution is -1.97. The van der Waals surface area contributed by atoms with Crippen molar-refractivity contribution in [3.8, 4) is 22.6 Å². The van der Waals surface area contributed by atoms with Gasteiger partial charge in [0.2, 0.25) is 0 Å². The minimum Gasteiger partial charge on any atom is -0.256 e. The molecular weight excluding hydrogens is 284 g/mol. The Morgan fingerprint density at radius 1 is 0.773 bits per heavy atom. The summed E-state index contributed by atoms with van der Waals surface area (Å²) in [6.45, 7) is 3.46. The van der Waals surface area contributed by atoms with Crippen LogP contribution in [0.15, 0.2) is 42.9 Å². The zero-order valence-electron chi connectivity index (χ0n) is 12.1. The number of hydrogen-bond donors (Lipinski definition) is 0. The van der Waals surface area contributed by atoms with Crippen LogP contribution in [0.3, 0.4) is 0 Å². The average molecular weight is 297 g/mol. The first-order valence-corrected chi connectivity index (χ1v) is 6.76. The summed E-state index contributed by atoms with van der Waals surface area (Å²) in [6.07, 6.45) is 4.85. The Bertz CT molecular complexity index is 813. The van der Waals surface area contributed by atoms with E-state index in [2.05, 4.69) is 15.0 Å². The Balaban J connectivity index is 1.98. The summed E-state index contributed by atoms with van der Waals surface area (Å²) in [5.41, 5.74) is 2.80. The van der Waals surface area contributed by atoms with Crippen LogP contribution in [-0.4, -0.2) is 15.0 Å². The minimum absolute atomic E-state index is 0.0477. The van der Waals surface area contributed by atoms with Crippen molar-refractivity contribution in [1.82, 2.24) is 15.0 Å². The van der Waals surface area contributed by atoms with Crippen molar-refractivity contribution in [2.24, 2.45) is 0 Å². The molecule has 0 atom stereocenters. The zero-order chi connectivity index (χ0) is 15.7. The molecule has 1 aromatic carbocycles. The second-order valence-corrected chi connectivity index (χ2v) is 5.07. The molecule has 22 heavy (non-hydrogen) atoms. The molecule has 3 aromatic rings. The maximum Gasteiger partial charge on any atom is 0.170 e. The van der Waals surface area contributed by atoms with Crippen molar-refractivity contribution in [2.45, 2.75) is 13.8 Å². The molecule has 0 amide bonds. The van der Waals surface area contributed by atoms with E-state index in [0.717, 1.165) is 16.8 Å². The smallest absolute Gasteiger partial charge is 0.170 e. The van der Waals surface area contributed by atoms with Crippen LogP contribution in [-0.2, 0) is 0 Å². The van der Waals surface area contributed by atoms with Crippen molar-refractivity contribution in [3.05, 3.63) is 65.6 Å². The summed E-state index contributed by atoms with van der Waals surface area (Å²) < 4.78 is 27.6. The Kier molecular flexibility index (Phi) is 3.63. The summed E-state index contributed by atoms with van der Waals surface area (Å²) in [7, 11) is 0. The molecule has 2 aromatic heterocycles. The molecule has 0 N–H and O–H groups in total. The Morgan fingerprint density at radius 3 is 2.14 bits per heavy atom. The third-order valence-corrected chi connectivity index (χ3v) is 3.38. The van der Waals surface area contributed by atoms with Gasteiger partial charge in [0.25, 0.3) is 0 Å². The third kappa shape index (κ3) is 2.57. The van der Waals surface area contributed by atoms with Crippen molar-refractivity contribution in [2.75, 3.05) is 0 Å². The fourth-order valence-corrected chi connectivity index (χ4v) is 2.06. The lowest BCUT2D eigenvalue weighted by Gasteiger charge is -2.06. The van der Waals surface area contributed by atoms with Gasteiger partial charge in [0.05, 0.1) is 11.3 Å². The highest BCUT2D eigenvalue weighted by molar-refractivity contribution is 5.61. The van der Waals surface area contributed by atoms with Gasteiger partial charge in [-0.05, 0) is 37.1 Å². The fourth-order valence-electron chi connectivity index (χ4n) is 2.06. The van der Waals surface area contributed by atoms with Crippen molar-refractivity contribution < 1.29 is 8.78 Å². The Hall–Kier alpha value is -2.69. The Labute approximate surface area is 126 Å². The van der Waals surface area contributed by atoms with E-state index in [0.29, 0.717) is 0 Å². The molecule has 5 heteroatoms. The van der Waals surface area contributed by atoms with Gasteiger partial charge >= 0.3 is 0 Å². The number of hydrogen-bond acceptors (Lipinski definition) is 3. The van der Waals surface area contributed by atoms with Gasteiger partial charge in [-0.15, -0.1) is 0 Å². The van der Waals surface area contributed by atoms with Gasteiger partial charge in [0, 0.05) is 24.2 Å². The number of rotatable bonds is 2. The quantitative estimate of drug-likeness (QED) is 0.715. The number of halogens is 2. The van der Waals surface area contributed by atoms with Gasteiger partial charge in [0.15, 0.2) is 17.5 Å². The van der Waals surface area contributed by atoms with E-state index in [4.69, 9.17) is 0 Å². The summed E-state index contributed by atoms with van der Waals surface area (Å²) in [6, 6.07) is 6.78. The van der Waals surface area contributed by atoms with Crippen LogP contribution < -0.4 is 0 Å². The SMILES string of the molecule is Cc1ccc(-c2cnc(-c3ccc(C)c(F)c3F)nc2)nc1. The molecular formula is C17H13F2N3. The van der Waals surface area contributed by atoms with E-state index in [-0.39, 0.29) is 17.0 Å². The van der Waals surface area contributed by atoms with Gasteiger partial charge in [0.1, 0.15) is 0 Å². The van der Waals surface area contributed by atoms with E-state index in [9.17, 15) is 8.78 Å². The van der Waals surface area contributed by atoms with Crippen LogP contribution in [0.1, 0.15) is 11.1 Å². The molecule has 0 aliphatic heterocycles. The molecule has 0 saturated carbocycles. The van der Waals surface area contributed by atoms with Crippen LogP contribution in [0.25, 0.3) is 22.6 Å². The monoisotopic (exact) mass is 297 g/mol. The molecule has 0 fully saturated rings. The van der Waals surface area contributed by atoms with E-state index in [1.54, 1.807) is 18.6 Å². The maximum absolute atomic E-state index is 13.9. The van der Waals surface area contributed by atoms with Crippen molar-refractivity contribution in [3.63, 3.8) is 0 Å². The average Bonchev–Trinajstić information content (AvgIpc) is 2.54. The molecule has 0 saturated heterocycles. The van der Waals surface area contributed by atoms with Crippen LogP contribution in [0.4, 0.5) is 8.78 Å². The molecule has 2 heterocycles. The molecule has 0 radical (unpaired) electrons. The second kappa shape index (κ2) is 5.60. The predicted molar refractivity (Wildman–Crippen MR) is 80.1 cm³/mol. The molecule has 0 unspecified atom stereocenters. The van der Waals surface area contributed by atoms with E-state index >= 15 is 0 Å². The molecule has 3 nitrogen and oxygen atoms in total. The first-order chi connectivity index (χ1) is 10.6. The maximum atomic E-state index is 13.9. The van der Waals surface area contributed by atoms with Crippen LogP contribution >= 0.6 is 0 Å². The number of nitrogens with zero attached hydrogens (tertiary/aromatic N) is 3. The van der Waals surface area contributed by atoms with Gasteiger partial charge in [-0.1, -0.05) is 12.1 Å². The van der Waals surface area contributed by atoms with E-state index < -0.39 is 11.6 Å². The van der Waals surface area contributed by atoms with Gasteiger partial charge < -0.3 is 0 Å². The van der Waals surface area contributed by atoms with Crippen LogP contribution in [0.5, 0.6) is 0 Å². The standard InChI is InChI=1S/C17H13F2N3/c1-10-3-6-14(20-7-10)12-8-21-17(22-9-12)13-5-4-11(2)15(18)16(13)19/h3-9H,1-2H3. The van der Waals surface area contributed by atoms with Gasteiger partial charge in [-0.3, -0.25) is 4.98 Å². The highest BCUT2D eigenvalue weighted by Gasteiger charge is 2.14. The van der Waals surface area contributed by atoms with Crippen LogP contribution in [0, 0.1) is 25.5 Å². The first kappa shape index (κ1) is 14.3. The molecule has 0 bridgehead atoms. The fraction of sp³-hybridized carbons (Fsp3) is 0.118. The van der Waals surface area contributed by atoms with Crippen LogP contribution in [0.2, 0.25) is 0 Å². The minimum atomic E-state index is -0.929. The van der Waals surface area contributed by atoms with E-state index in [1.807, 2.05) is 19.1 Å². The molecule has 3 rings (SSSR count). The number of aryl methyl sites for hydroxylation is 2. The van der Waals surface area contributed by atoms with Gasteiger partial charge in [-0.2, -0.15) is 0 Å². The van der Waals surface area contributed by atoms with Crippen molar-refractivity contribution in [1.29, 1.82) is 0 Å². The predicted octanol–water partition coefficient (Wildman–Crippen LogP) is 4.10. The Morgan fingerprint density at radius 2 is 1.50 bits per heavy atom. The zero-order valence-corrected chi connectivity index (χ0v) is 12.1. The summed E-state index contributed by atoms with van der Waals surface area (Å²) >= 11 is 0. The summed E-state index contributed by atoms with van der Waals surface area (Å²) in [5.74, 6) is -1.65.